The Bertz CT molecular complexity index is 571. The fourth-order valence-electron chi connectivity index (χ4n) is 1.75. The molecule has 18 heavy (non-hydrogen) atoms. The molecule has 0 bridgehead atoms. The lowest BCUT2D eigenvalue weighted by Crippen LogP contribution is -1.93. The summed E-state index contributed by atoms with van der Waals surface area (Å²) in [6.07, 6.45) is 0.787. The minimum absolute atomic E-state index is 0.113. The Labute approximate surface area is 111 Å². The second-order valence-corrected chi connectivity index (χ2v) is 4.75. The number of rotatable bonds is 4. The van der Waals surface area contributed by atoms with Gasteiger partial charge in [0.2, 0.25) is 0 Å². The van der Waals surface area contributed by atoms with Gasteiger partial charge in [-0.25, -0.2) is 4.98 Å². The average molecular weight is 258 g/mol. The van der Waals surface area contributed by atoms with Crippen LogP contribution >= 0.6 is 11.3 Å². The van der Waals surface area contributed by atoms with Gasteiger partial charge in [-0.2, -0.15) is 5.26 Å². The van der Waals surface area contributed by atoms with E-state index in [1.807, 2.05) is 36.6 Å². The SMILES string of the molecule is CCC(C#N)c1nc(-c2ccccc2OC)cs1. The van der Waals surface area contributed by atoms with E-state index in [0.29, 0.717) is 0 Å². The highest BCUT2D eigenvalue weighted by Crippen LogP contribution is 2.32. The topological polar surface area (TPSA) is 45.9 Å². The summed E-state index contributed by atoms with van der Waals surface area (Å²) in [6.45, 7) is 2.00. The molecule has 1 atom stereocenters. The number of thiazole rings is 1. The van der Waals surface area contributed by atoms with Gasteiger partial charge in [0.25, 0.3) is 0 Å². The van der Waals surface area contributed by atoms with Crippen LogP contribution in [-0.4, -0.2) is 12.1 Å². The van der Waals surface area contributed by atoms with Crippen LogP contribution in [0.3, 0.4) is 0 Å². The van der Waals surface area contributed by atoms with Crippen LogP contribution in [-0.2, 0) is 0 Å². The maximum atomic E-state index is 9.05. The van der Waals surface area contributed by atoms with E-state index < -0.39 is 0 Å². The zero-order valence-electron chi connectivity index (χ0n) is 10.4. The van der Waals surface area contributed by atoms with Crippen LogP contribution in [0.4, 0.5) is 0 Å². The first kappa shape index (κ1) is 12.6. The highest BCUT2D eigenvalue weighted by Gasteiger charge is 2.15. The predicted octanol–water partition coefficient (Wildman–Crippen LogP) is 3.84. The van der Waals surface area contributed by atoms with Crippen molar-refractivity contribution in [1.82, 2.24) is 4.98 Å². The van der Waals surface area contributed by atoms with E-state index in [9.17, 15) is 0 Å². The van der Waals surface area contributed by atoms with E-state index in [0.717, 1.165) is 28.4 Å². The number of nitriles is 1. The Balaban J connectivity index is 2.38. The van der Waals surface area contributed by atoms with Gasteiger partial charge >= 0.3 is 0 Å². The number of hydrogen-bond donors (Lipinski definition) is 0. The van der Waals surface area contributed by atoms with Gasteiger partial charge < -0.3 is 4.74 Å². The van der Waals surface area contributed by atoms with Crippen molar-refractivity contribution in [3.8, 4) is 23.1 Å². The largest absolute Gasteiger partial charge is 0.496 e. The third kappa shape index (κ3) is 2.36. The summed E-state index contributed by atoms with van der Waals surface area (Å²) in [6, 6.07) is 10.1. The van der Waals surface area contributed by atoms with Crippen molar-refractivity contribution in [2.75, 3.05) is 7.11 Å². The third-order valence-corrected chi connectivity index (χ3v) is 3.73. The summed E-state index contributed by atoms with van der Waals surface area (Å²) in [5.41, 5.74) is 1.84. The van der Waals surface area contributed by atoms with Crippen LogP contribution in [0.2, 0.25) is 0 Å². The Hall–Kier alpha value is -1.86. The first-order valence-electron chi connectivity index (χ1n) is 5.78. The normalized spacial score (nSPS) is 11.8. The zero-order valence-corrected chi connectivity index (χ0v) is 11.2. The summed E-state index contributed by atoms with van der Waals surface area (Å²) in [7, 11) is 1.65. The molecule has 0 spiro atoms. The van der Waals surface area contributed by atoms with Gasteiger partial charge in [-0.15, -0.1) is 11.3 Å². The smallest absolute Gasteiger partial charge is 0.128 e. The molecule has 0 fully saturated rings. The molecule has 0 aliphatic heterocycles. The van der Waals surface area contributed by atoms with Crippen molar-refractivity contribution < 1.29 is 4.74 Å². The average Bonchev–Trinajstić information content (AvgIpc) is 2.89. The molecule has 0 aliphatic rings. The fraction of sp³-hybridized carbons (Fsp3) is 0.286. The lowest BCUT2D eigenvalue weighted by atomic mass is 10.1. The van der Waals surface area contributed by atoms with E-state index in [2.05, 4.69) is 11.1 Å². The maximum absolute atomic E-state index is 9.05. The number of para-hydroxylation sites is 1. The zero-order chi connectivity index (χ0) is 13.0. The number of aromatic nitrogens is 1. The Kier molecular flexibility index (Phi) is 3.96. The fourth-order valence-corrected chi connectivity index (χ4v) is 2.70. The molecule has 1 heterocycles. The van der Waals surface area contributed by atoms with Crippen LogP contribution in [0.25, 0.3) is 11.3 Å². The Morgan fingerprint density at radius 2 is 2.22 bits per heavy atom. The van der Waals surface area contributed by atoms with E-state index in [4.69, 9.17) is 10.00 Å². The molecular weight excluding hydrogens is 244 g/mol. The molecule has 0 amide bonds. The molecule has 3 nitrogen and oxygen atoms in total. The highest BCUT2D eigenvalue weighted by atomic mass is 32.1. The van der Waals surface area contributed by atoms with Crippen LogP contribution in [0.5, 0.6) is 5.75 Å². The van der Waals surface area contributed by atoms with Crippen LogP contribution in [0.15, 0.2) is 29.6 Å². The molecule has 1 unspecified atom stereocenters. The molecular formula is C14H14N2OS. The van der Waals surface area contributed by atoms with Crippen molar-refractivity contribution in [1.29, 1.82) is 5.26 Å². The minimum atomic E-state index is -0.113. The van der Waals surface area contributed by atoms with Crippen molar-refractivity contribution in [3.63, 3.8) is 0 Å². The first-order valence-corrected chi connectivity index (χ1v) is 6.66. The number of hydrogen-bond acceptors (Lipinski definition) is 4. The minimum Gasteiger partial charge on any atom is -0.496 e. The van der Waals surface area contributed by atoms with Gasteiger partial charge in [0.1, 0.15) is 10.8 Å². The molecule has 2 rings (SSSR count). The molecule has 1 aromatic heterocycles. The van der Waals surface area contributed by atoms with Gasteiger partial charge in [-0.3, -0.25) is 0 Å². The van der Waals surface area contributed by atoms with Gasteiger partial charge in [0.05, 0.1) is 24.8 Å². The molecule has 0 aliphatic carbocycles. The molecule has 4 heteroatoms. The number of nitrogens with zero attached hydrogens (tertiary/aromatic N) is 2. The van der Waals surface area contributed by atoms with Crippen LogP contribution < -0.4 is 4.74 Å². The monoisotopic (exact) mass is 258 g/mol. The molecule has 2 aromatic rings. The van der Waals surface area contributed by atoms with E-state index in [1.165, 1.54) is 11.3 Å². The number of ether oxygens (including phenoxy) is 1. The number of benzene rings is 1. The molecule has 1 aromatic carbocycles. The van der Waals surface area contributed by atoms with Crippen molar-refractivity contribution in [2.45, 2.75) is 19.3 Å². The van der Waals surface area contributed by atoms with Crippen LogP contribution in [0.1, 0.15) is 24.3 Å². The van der Waals surface area contributed by atoms with Gasteiger partial charge in [-0.05, 0) is 18.6 Å². The second-order valence-electron chi connectivity index (χ2n) is 3.86. The summed E-state index contributed by atoms with van der Waals surface area (Å²) >= 11 is 1.53. The number of methoxy groups -OCH3 is 1. The van der Waals surface area contributed by atoms with Crippen molar-refractivity contribution in [3.05, 3.63) is 34.7 Å². The van der Waals surface area contributed by atoms with Crippen molar-refractivity contribution >= 4 is 11.3 Å². The first-order chi connectivity index (χ1) is 8.80. The van der Waals surface area contributed by atoms with Crippen molar-refractivity contribution in [2.24, 2.45) is 0 Å². The van der Waals surface area contributed by atoms with Gasteiger partial charge in [0.15, 0.2) is 0 Å². The molecule has 0 saturated heterocycles. The lowest BCUT2D eigenvalue weighted by Gasteiger charge is -2.05. The van der Waals surface area contributed by atoms with Crippen LogP contribution in [0, 0.1) is 11.3 Å². The third-order valence-electron chi connectivity index (χ3n) is 2.77. The Morgan fingerprint density at radius 3 is 2.89 bits per heavy atom. The summed E-state index contributed by atoms with van der Waals surface area (Å²) in [4.78, 5) is 4.55. The molecule has 0 saturated carbocycles. The summed E-state index contributed by atoms with van der Waals surface area (Å²) in [5.74, 6) is 0.692. The standard InChI is InChI=1S/C14H14N2OS/c1-3-10(8-15)14-16-12(9-18-14)11-6-4-5-7-13(11)17-2/h4-7,9-10H,3H2,1-2H3. The second kappa shape index (κ2) is 5.65. The molecule has 92 valence electrons. The summed E-state index contributed by atoms with van der Waals surface area (Å²) < 4.78 is 5.32. The molecule has 0 radical (unpaired) electrons. The van der Waals surface area contributed by atoms with E-state index in [-0.39, 0.29) is 5.92 Å². The van der Waals surface area contributed by atoms with Gasteiger partial charge in [-0.1, -0.05) is 19.1 Å². The van der Waals surface area contributed by atoms with Gasteiger partial charge in [0, 0.05) is 10.9 Å². The molecule has 0 N–H and O–H groups in total. The summed E-state index contributed by atoms with van der Waals surface area (Å²) in [5, 5.41) is 11.9. The quantitative estimate of drug-likeness (QED) is 0.837. The van der Waals surface area contributed by atoms with E-state index >= 15 is 0 Å². The maximum Gasteiger partial charge on any atom is 0.128 e. The Morgan fingerprint density at radius 1 is 1.44 bits per heavy atom. The lowest BCUT2D eigenvalue weighted by molar-refractivity contribution is 0.416. The predicted molar refractivity (Wildman–Crippen MR) is 72.7 cm³/mol. The highest BCUT2D eigenvalue weighted by molar-refractivity contribution is 7.10. The van der Waals surface area contributed by atoms with E-state index in [1.54, 1.807) is 7.11 Å².